The van der Waals surface area contributed by atoms with E-state index in [1.165, 1.54) is 46.6 Å². The number of carbonyl (C=O) groups is 1. The van der Waals surface area contributed by atoms with E-state index in [9.17, 15) is 18.0 Å². The summed E-state index contributed by atoms with van der Waals surface area (Å²) in [6.45, 7) is 10.2. The number of ether oxygens (including phenoxy) is 2. The van der Waals surface area contributed by atoms with Gasteiger partial charge in [-0.1, -0.05) is 45.0 Å². The smallest absolute Gasteiger partial charge is 0.497 e. The molecule has 3 aromatic carbocycles. The number of methoxy groups -OCH3 is 1. The summed E-state index contributed by atoms with van der Waals surface area (Å²) in [5.41, 5.74) is 5.33. The second kappa shape index (κ2) is 13.8. The first-order chi connectivity index (χ1) is 22.3. The van der Waals surface area contributed by atoms with Gasteiger partial charge in [-0.3, -0.25) is 4.57 Å². The maximum absolute atomic E-state index is 13.1. The van der Waals surface area contributed by atoms with Crippen LogP contribution < -0.4 is 19.6 Å². The Morgan fingerprint density at radius 3 is 2.30 bits per heavy atom. The van der Waals surface area contributed by atoms with Crippen molar-refractivity contribution in [2.24, 2.45) is 4.99 Å². The van der Waals surface area contributed by atoms with Crippen LogP contribution in [0, 0.1) is 6.92 Å². The number of carbonyl (C=O) groups excluding carboxylic acids is 1. The number of hydrogen-bond acceptors (Lipinski definition) is 6. The number of hydrogen-bond donors (Lipinski definition) is 1. The van der Waals surface area contributed by atoms with Gasteiger partial charge in [-0.05, 0) is 73.4 Å². The van der Waals surface area contributed by atoms with Gasteiger partial charge in [0.25, 0.3) is 0 Å². The Kier molecular flexibility index (Phi) is 9.85. The molecule has 0 aliphatic heterocycles. The molecule has 2 unspecified atom stereocenters. The number of rotatable bonds is 9. The van der Waals surface area contributed by atoms with Crippen molar-refractivity contribution in [2.75, 3.05) is 7.11 Å². The predicted octanol–water partition coefficient (Wildman–Crippen LogP) is 7.93. The Morgan fingerprint density at radius 2 is 1.66 bits per heavy atom. The van der Waals surface area contributed by atoms with Crippen molar-refractivity contribution in [1.29, 1.82) is 0 Å². The van der Waals surface area contributed by atoms with Crippen molar-refractivity contribution in [1.82, 2.24) is 24.6 Å². The highest BCUT2D eigenvalue weighted by molar-refractivity contribution is 7.07. The number of thiazole rings is 1. The lowest BCUT2D eigenvalue weighted by molar-refractivity contribution is -0.274. The highest BCUT2D eigenvalue weighted by Gasteiger charge is 2.31. The van der Waals surface area contributed by atoms with Gasteiger partial charge in [0.05, 0.1) is 18.5 Å². The van der Waals surface area contributed by atoms with Crippen LogP contribution in [0.1, 0.15) is 56.4 Å². The molecule has 0 fully saturated rings. The average molecular weight is 665 g/mol. The minimum Gasteiger partial charge on any atom is -0.497 e. The molecule has 0 bridgehead atoms. The van der Waals surface area contributed by atoms with Crippen LogP contribution in [0.15, 0.2) is 83.4 Å². The van der Waals surface area contributed by atoms with Crippen LogP contribution in [0.5, 0.6) is 11.5 Å². The summed E-state index contributed by atoms with van der Waals surface area (Å²) in [7, 11) is 1.64. The van der Waals surface area contributed by atoms with E-state index < -0.39 is 12.4 Å². The molecule has 2 aromatic heterocycles. The fourth-order valence-electron chi connectivity index (χ4n) is 5.07. The van der Waals surface area contributed by atoms with Crippen molar-refractivity contribution in [2.45, 2.75) is 58.9 Å². The Labute approximate surface area is 274 Å². The molecule has 0 aliphatic rings. The first kappa shape index (κ1) is 33.5. The van der Waals surface area contributed by atoms with Gasteiger partial charge in [-0.2, -0.15) is 4.99 Å². The fourth-order valence-corrected chi connectivity index (χ4v) is 5.94. The van der Waals surface area contributed by atoms with Crippen LogP contribution in [0.4, 0.5) is 18.0 Å². The van der Waals surface area contributed by atoms with Gasteiger partial charge in [0.15, 0.2) is 10.6 Å². The predicted molar refractivity (Wildman–Crippen MR) is 174 cm³/mol. The molecule has 246 valence electrons. The van der Waals surface area contributed by atoms with E-state index in [1.807, 2.05) is 73.2 Å². The molecule has 0 saturated carbocycles. The molecule has 13 heteroatoms. The molecule has 0 spiro atoms. The molecule has 5 rings (SSSR count). The zero-order chi connectivity index (χ0) is 33.9. The van der Waals surface area contributed by atoms with Gasteiger partial charge in [0, 0.05) is 28.6 Å². The second-order valence-electron chi connectivity index (χ2n) is 11.4. The van der Waals surface area contributed by atoms with E-state index in [0.717, 1.165) is 33.8 Å². The maximum Gasteiger partial charge on any atom is 0.573 e. The van der Waals surface area contributed by atoms with E-state index in [0.29, 0.717) is 16.3 Å². The van der Waals surface area contributed by atoms with Crippen LogP contribution in [0.2, 0.25) is 0 Å². The first-order valence-electron chi connectivity index (χ1n) is 14.9. The van der Waals surface area contributed by atoms with E-state index >= 15 is 0 Å². The molecule has 2 amide bonds. The van der Waals surface area contributed by atoms with Crippen molar-refractivity contribution < 1.29 is 27.4 Å². The normalized spacial score (nSPS) is 13.4. The highest BCUT2D eigenvalue weighted by atomic mass is 32.1. The number of halogens is 3. The zero-order valence-electron chi connectivity index (χ0n) is 26.7. The molecule has 9 nitrogen and oxygen atoms in total. The zero-order valence-corrected chi connectivity index (χ0v) is 27.6. The van der Waals surface area contributed by atoms with Gasteiger partial charge in [-0.15, -0.1) is 29.6 Å². The molecular weight excluding hydrogens is 629 g/mol. The maximum atomic E-state index is 13.1. The summed E-state index contributed by atoms with van der Waals surface area (Å²) in [4.78, 5) is 22.5. The number of benzene rings is 3. The lowest BCUT2D eigenvalue weighted by atomic mass is 9.93. The van der Waals surface area contributed by atoms with E-state index in [1.54, 1.807) is 7.11 Å². The summed E-state index contributed by atoms with van der Waals surface area (Å²) >= 11 is 1.41. The monoisotopic (exact) mass is 664 g/mol. The summed E-state index contributed by atoms with van der Waals surface area (Å²) in [6, 6.07) is 18.3. The Balaban J connectivity index is 1.27. The summed E-state index contributed by atoms with van der Waals surface area (Å²) in [5.74, 6) is 1.12. The topological polar surface area (TPSA) is 95.6 Å². The van der Waals surface area contributed by atoms with Crippen LogP contribution in [-0.2, 0) is 0 Å². The van der Waals surface area contributed by atoms with E-state index in [4.69, 9.17) is 4.74 Å². The molecule has 1 N–H and O–H groups in total. The molecule has 0 saturated heterocycles. The lowest BCUT2D eigenvalue weighted by Crippen LogP contribution is -2.35. The third kappa shape index (κ3) is 7.91. The van der Waals surface area contributed by atoms with E-state index in [-0.39, 0.29) is 23.6 Å². The average Bonchev–Trinajstić information content (AvgIpc) is 3.67. The minimum absolute atomic E-state index is 0.0301. The molecule has 47 heavy (non-hydrogen) atoms. The summed E-state index contributed by atoms with van der Waals surface area (Å²) in [5, 5.41) is 9.47. The van der Waals surface area contributed by atoms with Gasteiger partial charge >= 0.3 is 12.4 Å². The third-order valence-corrected chi connectivity index (χ3v) is 8.74. The number of aryl methyl sites for hydroxylation is 1. The largest absolute Gasteiger partial charge is 0.573 e. The highest BCUT2D eigenvalue weighted by Crippen LogP contribution is 2.29. The second-order valence-corrected chi connectivity index (χ2v) is 12.2. The van der Waals surface area contributed by atoms with E-state index in [2.05, 4.69) is 39.0 Å². The van der Waals surface area contributed by atoms with Gasteiger partial charge < -0.3 is 14.8 Å². The molecule has 0 radical (unpaired) electrons. The van der Waals surface area contributed by atoms with Crippen LogP contribution in [0.25, 0.3) is 22.8 Å². The van der Waals surface area contributed by atoms with Gasteiger partial charge in [-0.25, -0.2) is 14.5 Å². The number of nitrogens with zero attached hydrogens (tertiary/aromatic N) is 5. The first-order valence-corrected chi connectivity index (χ1v) is 15.8. The number of urea groups is 1. The molecular formula is C34H35F3N6O3S. The molecule has 2 atom stereocenters. The van der Waals surface area contributed by atoms with Crippen molar-refractivity contribution >= 4 is 17.4 Å². The Hall–Kier alpha value is -4.91. The Morgan fingerprint density at radius 1 is 0.979 bits per heavy atom. The summed E-state index contributed by atoms with van der Waals surface area (Å²) < 4.78 is 50.2. The SMILES string of the molecule is COc1ccc(-n2c(C)cs/c2=N\C(=O)NC(C)C(C)c2ccc(-c3ncn(-c4ccc(OC(F)(F)F)cc4)n3)cc2)c(C(C)C)c1. The van der Waals surface area contributed by atoms with Crippen molar-refractivity contribution in [3.05, 3.63) is 100 Å². The minimum atomic E-state index is -4.76. The van der Waals surface area contributed by atoms with Crippen LogP contribution in [-0.4, -0.2) is 44.9 Å². The molecule has 2 heterocycles. The number of aromatic nitrogens is 4. The molecule has 5 aromatic rings. The quantitative estimate of drug-likeness (QED) is 0.173. The van der Waals surface area contributed by atoms with Crippen molar-refractivity contribution in [3.8, 4) is 34.3 Å². The Bertz CT molecular complexity index is 1910. The van der Waals surface area contributed by atoms with Crippen LogP contribution in [0.3, 0.4) is 0 Å². The molecule has 0 aliphatic carbocycles. The standard InChI is InChI=1S/C34H35F3N6O3S/c1-20(2)29-17-28(45-6)15-16-30(29)43-21(3)18-47-33(43)40-32(44)39-23(5)22(4)24-7-9-25(10-8-24)31-38-19-42(41-31)26-11-13-27(14-12-26)46-34(35,36)37/h7-20,22-23H,1-6H3,(H,39,44)/b40-33-. The number of nitrogens with one attached hydrogen (secondary N) is 1. The third-order valence-electron chi connectivity index (χ3n) is 7.80. The lowest BCUT2D eigenvalue weighted by Gasteiger charge is -2.21. The van der Waals surface area contributed by atoms with Crippen molar-refractivity contribution in [3.63, 3.8) is 0 Å². The van der Waals surface area contributed by atoms with Crippen LogP contribution >= 0.6 is 11.3 Å². The summed E-state index contributed by atoms with van der Waals surface area (Å²) in [6.07, 6.45) is -3.27. The number of alkyl halides is 3. The fraction of sp³-hybridized carbons (Fsp3) is 0.294. The van der Waals surface area contributed by atoms with Gasteiger partial charge in [0.2, 0.25) is 0 Å². The van der Waals surface area contributed by atoms with Gasteiger partial charge in [0.1, 0.15) is 17.8 Å². The number of amides is 2.